The summed E-state index contributed by atoms with van der Waals surface area (Å²) in [5, 5.41) is 12.1. The van der Waals surface area contributed by atoms with E-state index >= 15 is 0 Å². The van der Waals surface area contributed by atoms with Crippen molar-refractivity contribution in [1.29, 1.82) is 0 Å². The number of carbonyl (C=O) groups is 1. The number of rotatable bonds is 6. The van der Waals surface area contributed by atoms with Crippen LogP contribution < -0.4 is 14.8 Å². The monoisotopic (exact) mass is 313 g/mol. The average Bonchev–Trinajstić information content (AvgIpc) is 2.59. The van der Waals surface area contributed by atoms with Gasteiger partial charge in [-0.05, 0) is 30.2 Å². The largest absolute Gasteiger partial charge is 0.486 e. The maximum absolute atomic E-state index is 10.6. The van der Waals surface area contributed by atoms with Crippen LogP contribution in [0.1, 0.15) is 17.5 Å². The zero-order valence-corrected chi connectivity index (χ0v) is 12.7. The second kappa shape index (κ2) is 7.05. The number of carboxylic acid groups (broad SMARTS) is 1. The van der Waals surface area contributed by atoms with Crippen molar-refractivity contribution >= 4 is 11.7 Å². The number of aryl methyl sites for hydroxylation is 1. The van der Waals surface area contributed by atoms with Crippen LogP contribution in [0.25, 0.3) is 0 Å². The van der Waals surface area contributed by atoms with Gasteiger partial charge in [0.1, 0.15) is 13.2 Å². The van der Waals surface area contributed by atoms with E-state index in [4.69, 9.17) is 14.6 Å². The van der Waals surface area contributed by atoms with Gasteiger partial charge in [0.05, 0.1) is 0 Å². The first-order chi connectivity index (χ1) is 11.2. The van der Waals surface area contributed by atoms with Crippen molar-refractivity contribution in [3.05, 3.63) is 53.6 Å². The van der Waals surface area contributed by atoms with Gasteiger partial charge in [0.15, 0.2) is 11.5 Å². The van der Waals surface area contributed by atoms with Crippen LogP contribution in [0.5, 0.6) is 11.5 Å². The fourth-order valence-electron chi connectivity index (χ4n) is 2.51. The summed E-state index contributed by atoms with van der Waals surface area (Å²) in [7, 11) is 0. The second-order valence-electron chi connectivity index (χ2n) is 5.39. The van der Waals surface area contributed by atoms with E-state index in [-0.39, 0.29) is 6.42 Å². The Kier molecular flexibility index (Phi) is 4.66. The first kappa shape index (κ1) is 15.2. The molecule has 23 heavy (non-hydrogen) atoms. The van der Waals surface area contributed by atoms with Gasteiger partial charge in [0, 0.05) is 24.2 Å². The smallest absolute Gasteiger partial charge is 0.303 e. The van der Waals surface area contributed by atoms with Gasteiger partial charge in [-0.15, -0.1) is 0 Å². The average molecular weight is 313 g/mol. The van der Waals surface area contributed by atoms with Crippen LogP contribution in [-0.4, -0.2) is 24.3 Å². The summed E-state index contributed by atoms with van der Waals surface area (Å²) in [6, 6.07) is 13.7. The third-order valence-electron chi connectivity index (χ3n) is 3.71. The van der Waals surface area contributed by atoms with E-state index in [2.05, 4.69) is 5.32 Å². The van der Waals surface area contributed by atoms with Gasteiger partial charge in [-0.25, -0.2) is 0 Å². The number of carboxylic acids is 1. The summed E-state index contributed by atoms with van der Waals surface area (Å²) >= 11 is 0. The lowest BCUT2D eigenvalue weighted by Crippen LogP contribution is -2.17. The van der Waals surface area contributed by atoms with Crippen molar-refractivity contribution in [3.8, 4) is 11.5 Å². The topological polar surface area (TPSA) is 67.8 Å². The lowest BCUT2D eigenvalue weighted by Gasteiger charge is -2.21. The lowest BCUT2D eigenvalue weighted by molar-refractivity contribution is -0.136. The minimum Gasteiger partial charge on any atom is -0.486 e. The zero-order chi connectivity index (χ0) is 16.1. The highest BCUT2D eigenvalue weighted by atomic mass is 16.6. The molecule has 2 aromatic carbocycles. The van der Waals surface area contributed by atoms with E-state index in [0.717, 1.165) is 28.3 Å². The molecule has 2 aromatic rings. The van der Waals surface area contributed by atoms with E-state index in [0.29, 0.717) is 26.2 Å². The molecule has 1 aliphatic heterocycles. The van der Waals surface area contributed by atoms with Crippen LogP contribution in [0.2, 0.25) is 0 Å². The number of benzene rings is 2. The molecule has 1 heterocycles. The van der Waals surface area contributed by atoms with E-state index < -0.39 is 5.97 Å². The van der Waals surface area contributed by atoms with Gasteiger partial charge in [0.25, 0.3) is 0 Å². The molecule has 5 nitrogen and oxygen atoms in total. The van der Waals surface area contributed by atoms with Crippen LogP contribution in [0, 0.1) is 0 Å². The summed E-state index contributed by atoms with van der Waals surface area (Å²) in [5.41, 5.74) is 3.06. The predicted octanol–water partition coefficient (Wildman–Crippen LogP) is 3.09. The molecule has 0 fully saturated rings. The van der Waals surface area contributed by atoms with Gasteiger partial charge in [-0.1, -0.05) is 24.3 Å². The minimum atomic E-state index is -0.775. The molecule has 5 heteroatoms. The molecule has 0 atom stereocenters. The summed E-state index contributed by atoms with van der Waals surface area (Å²) < 4.78 is 11.3. The second-order valence-corrected chi connectivity index (χ2v) is 5.39. The standard InChI is InChI=1S/C18H19NO4/c20-17(21)9-6-13-4-7-15(8-5-13)19-12-14-2-1-3-16-18(14)23-11-10-22-16/h1-5,7-8,19H,6,9-12H2,(H,20,21). The van der Waals surface area contributed by atoms with Gasteiger partial charge < -0.3 is 19.9 Å². The number of hydrogen-bond donors (Lipinski definition) is 2. The lowest BCUT2D eigenvalue weighted by atomic mass is 10.1. The number of ether oxygens (including phenoxy) is 2. The fourth-order valence-corrected chi connectivity index (χ4v) is 2.51. The Labute approximate surface area is 134 Å². The number of fused-ring (bicyclic) bond motifs is 1. The van der Waals surface area contributed by atoms with Crippen LogP contribution >= 0.6 is 0 Å². The van der Waals surface area contributed by atoms with Crippen molar-refractivity contribution in [1.82, 2.24) is 0 Å². The van der Waals surface area contributed by atoms with Crippen molar-refractivity contribution in [3.63, 3.8) is 0 Å². The molecule has 0 saturated heterocycles. The SMILES string of the molecule is O=C(O)CCc1ccc(NCc2cccc3c2OCCO3)cc1. The van der Waals surface area contributed by atoms with E-state index in [1.165, 1.54) is 0 Å². The van der Waals surface area contributed by atoms with Crippen LogP contribution in [0.3, 0.4) is 0 Å². The van der Waals surface area contributed by atoms with E-state index in [9.17, 15) is 4.79 Å². The molecule has 120 valence electrons. The fraction of sp³-hybridized carbons (Fsp3) is 0.278. The molecular formula is C18H19NO4. The highest BCUT2D eigenvalue weighted by Crippen LogP contribution is 2.33. The Morgan fingerprint density at radius 1 is 1.09 bits per heavy atom. The van der Waals surface area contributed by atoms with Crippen LogP contribution in [-0.2, 0) is 17.8 Å². The number of nitrogens with one attached hydrogen (secondary N) is 1. The van der Waals surface area contributed by atoms with Crippen molar-refractivity contribution in [2.75, 3.05) is 18.5 Å². The Hall–Kier alpha value is -2.69. The number of aliphatic carboxylic acids is 1. The van der Waals surface area contributed by atoms with Crippen molar-refractivity contribution in [2.45, 2.75) is 19.4 Å². The van der Waals surface area contributed by atoms with E-state index in [1.54, 1.807) is 0 Å². The molecule has 1 aliphatic rings. The molecule has 0 aliphatic carbocycles. The third-order valence-corrected chi connectivity index (χ3v) is 3.71. The van der Waals surface area contributed by atoms with Crippen molar-refractivity contribution < 1.29 is 19.4 Å². The summed E-state index contributed by atoms with van der Waals surface area (Å²) in [5.74, 6) is 0.826. The molecule has 2 N–H and O–H groups in total. The number of hydrogen-bond acceptors (Lipinski definition) is 4. The first-order valence-corrected chi connectivity index (χ1v) is 7.64. The molecule has 0 amide bonds. The molecule has 0 unspecified atom stereocenters. The van der Waals surface area contributed by atoms with Gasteiger partial charge in [-0.3, -0.25) is 4.79 Å². The van der Waals surface area contributed by atoms with Gasteiger partial charge in [0.2, 0.25) is 0 Å². The van der Waals surface area contributed by atoms with Crippen LogP contribution in [0.15, 0.2) is 42.5 Å². The molecule has 0 radical (unpaired) electrons. The molecule has 0 saturated carbocycles. The Bertz CT molecular complexity index is 682. The van der Waals surface area contributed by atoms with E-state index in [1.807, 2.05) is 42.5 Å². The summed E-state index contributed by atoms with van der Waals surface area (Å²) in [6.45, 7) is 1.80. The van der Waals surface area contributed by atoms with Gasteiger partial charge >= 0.3 is 5.97 Å². The Balaban J connectivity index is 1.61. The maximum Gasteiger partial charge on any atom is 0.303 e. The zero-order valence-electron chi connectivity index (χ0n) is 12.7. The molecular weight excluding hydrogens is 294 g/mol. The van der Waals surface area contributed by atoms with Gasteiger partial charge in [-0.2, -0.15) is 0 Å². The number of para-hydroxylation sites is 1. The summed E-state index contributed by atoms with van der Waals surface area (Å²) in [6.07, 6.45) is 0.702. The molecule has 0 aromatic heterocycles. The third kappa shape index (κ3) is 3.94. The molecule has 3 rings (SSSR count). The normalized spacial score (nSPS) is 12.7. The Morgan fingerprint density at radius 2 is 1.87 bits per heavy atom. The highest BCUT2D eigenvalue weighted by molar-refractivity contribution is 5.67. The highest BCUT2D eigenvalue weighted by Gasteiger charge is 2.15. The number of anilines is 1. The molecule has 0 spiro atoms. The van der Waals surface area contributed by atoms with Crippen molar-refractivity contribution in [2.24, 2.45) is 0 Å². The summed E-state index contributed by atoms with van der Waals surface area (Å²) in [4.78, 5) is 10.6. The van der Waals surface area contributed by atoms with Crippen LogP contribution in [0.4, 0.5) is 5.69 Å². The quantitative estimate of drug-likeness (QED) is 0.858. The minimum absolute atomic E-state index is 0.153. The Morgan fingerprint density at radius 3 is 2.65 bits per heavy atom. The maximum atomic E-state index is 10.6. The predicted molar refractivity (Wildman–Crippen MR) is 87.2 cm³/mol. The molecule has 0 bridgehead atoms. The first-order valence-electron chi connectivity index (χ1n) is 7.64.